The van der Waals surface area contributed by atoms with Crippen LogP contribution in [0.4, 0.5) is 0 Å². The van der Waals surface area contributed by atoms with Crippen LogP contribution in [0, 0.1) is 0 Å². The second kappa shape index (κ2) is 2.46. The molecule has 1 aliphatic heterocycles. The molecule has 1 heterocycles. The van der Waals surface area contributed by atoms with E-state index in [4.69, 9.17) is 5.73 Å². The van der Waals surface area contributed by atoms with Crippen LogP contribution < -0.4 is 5.73 Å². The summed E-state index contributed by atoms with van der Waals surface area (Å²) < 4.78 is 0. The lowest BCUT2D eigenvalue weighted by atomic mass is 9.99. The Balaban J connectivity index is 2.05. The molecule has 1 saturated heterocycles. The van der Waals surface area contributed by atoms with E-state index < -0.39 is 0 Å². The normalized spacial score (nSPS) is 39.8. The van der Waals surface area contributed by atoms with Crippen molar-refractivity contribution in [1.82, 2.24) is 4.90 Å². The van der Waals surface area contributed by atoms with Crippen molar-refractivity contribution >= 4 is 0 Å². The van der Waals surface area contributed by atoms with Gasteiger partial charge < -0.3 is 5.73 Å². The van der Waals surface area contributed by atoms with E-state index in [0.29, 0.717) is 5.54 Å². The van der Waals surface area contributed by atoms with Gasteiger partial charge in [-0.15, -0.1) is 0 Å². The Bertz CT molecular complexity index is 154. The molecule has 0 radical (unpaired) electrons. The molecule has 64 valence electrons. The standard InChI is InChI=1S/C9H18N2/c1-9(7-10)5-2-6-11(9)8-3-4-8/h8H,2-7,10H2,1H3. The quantitative estimate of drug-likeness (QED) is 0.642. The Kier molecular flexibility index (Phi) is 1.69. The maximum Gasteiger partial charge on any atom is 0.0307 e. The zero-order chi connectivity index (χ0) is 7.90. The van der Waals surface area contributed by atoms with Crippen LogP contribution in [0.5, 0.6) is 0 Å². The van der Waals surface area contributed by atoms with Gasteiger partial charge in [-0.3, -0.25) is 4.90 Å². The molecular weight excluding hydrogens is 136 g/mol. The van der Waals surface area contributed by atoms with Gasteiger partial charge in [-0.1, -0.05) is 0 Å². The Morgan fingerprint density at radius 2 is 2.27 bits per heavy atom. The van der Waals surface area contributed by atoms with Gasteiger partial charge in [-0.05, 0) is 39.2 Å². The first kappa shape index (κ1) is 7.56. The fraction of sp³-hybridized carbons (Fsp3) is 1.00. The van der Waals surface area contributed by atoms with Crippen molar-refractivity contribution in [2.24, 2.45) is 5.73 Å². The SMILES string of the molecule is CC1(CN)CCCN1C1CC1. The van der Waals surface area contributed by atoms with Crippen LogP contribution in [0.1, 0.15) is 32.6 Å². The van der Waals surface area contributed by atoms with Gasteiger partial charge in [0.05, 0.1) is 0 Å². The van der Waals surface area contributed by atoms with Crippen LogP contribution in [-0.2, 0) is 0 Å². The summed E-state index contributed by atoms with van der Waals surface area (Å²) in [4.78, 5) is 2.63. The van der Waals surface area contributed by atoms with Crippen molar-refractivity contribution < 1.29 is 0 Å². The molecule has 0 spiro atoms. The zero-order valence-corrected chi connectivity index (χ0v) is 7.34. The fourth-order valence-electron chi connectivity index (χ4n) is 2.27. The predicted octanol–water partition coefficient (Wildman–Crippen LogP) is 0.962. The van der Waals surface area contributed by atoms with Gasteiger partial charge in [0.15, 0.2) is 0 Å². The summed E-state index contributed by atoms with van der Waals surface area (Å²) in [7, 11) is 0. The molecular formula is C9H18N2. The summed E-state index contributed by atoms with van der Waals surface area (Å²) in [6.07, 6.45) is 5.48. The van der Waals surface area contributed by atoms with Gasteiger partial charge in [0.25, 0.3) is 0 Å². The molecule has 11 heavy (non-hydrogen) atoms. The number of nitrogens with two attached hydrogens (primary N) is 1. The lowest BCUT2D eigenvalue weighted by molar-refractivity contribution is 0.154. The fourth-order valence-corrected chi connectivity index (χ4v) is 2.27. The minimum absolute atomic E-state index is 0.348. The molecule has 2 rings (SSSR count). The van der Waals surface area contributed by atoms with Gasteiger partial charge in [0, 0.05) is 18.1 Å². The molecule has 0 bridgehead atoms. The van der Waals surface area contributed by atoms with E-state index in [0.717, 1.165) is 12.6 Å². The first-order valence-corrected chi connectivity index (χ1v) is 4.73. The van der Waals surface area contributed by atoms with Crippen molar-refractivity contribution in [2.45, 2.75) is 44.2 Å². The third kappa shape index (κ3) is 1.18. The van der Waals surface area contributed by atoms with Crippen LogP contribution in [0.3, 0.4) is 0 Å². The van der Waals surface area contributed by atoms with Crippen LogP contribution >= 0.6 is 0 Å². The maximum atomic E-state index is 5.78. The number of hydrogen-bond acceptors (Lipinski definition) is 2. The van der Waals surface area contributed by atoms with Crippen molar-refractivity contribution in [2.75, 3.05) is 13.1 Å². The Hall–Kier alpha value is -0.0800. The Morgan fingerprint density at radius 3 is 2.82 bits per heavy atom. The van der Waals surface area contributed by atoms with Crippen LogP contribution in [0.25, 0.3) is 0 Å². The molecule has 0 amide bonds. The molecule has 1 aliphatic carbocycles. The topological polar surface area (TPSA) is 29.3 Å². The van der Waals surface area contributed by atoms with Crippen molar-refractivity contribution in [3.63, 3.8) is 0 Å². The van der Waals surface area contributed by atoms with E-state index >= 15 is 0 Å². The van der Waals surface area contributed by atoms with Gasteiger partial charge in [-0.2, -0.15) is 0 Å². The number of rotatable bonds is 2. The Morgan fingerprint density at radius 1 is 1.55 bits per heavy atom. The van der Waals surface area contributed by atoms with Gasteiger partial charge in [0.1, 0.15) is 0 Å². The van der Waals surface area contributed by atoms with Crippen molar-refractivity contribution in [1.29, 1.82) is 0 Å². The minimum Gasteiger partial charge on any atom is -0.329 e. The van der Waals surface area contributed by atoms with E-state index in [1.54, 1.807) is 0 Å². The van der Waals surface area contributed by atoms with Gasteiger partial charge in [0.2, 0.25) is 0 Å². The summed E-state index contributed by atoms with van der Waals surface area (Å²) in [5, 5.41) is 0. The summed E-state index contributed by atoms with van der Waals surface area (Å²) >= 11 is 0. The van der Waals surface area contributed by atoms with Crippen LogP contribution in [0.15, 0.2) is 0 Å². The van der Waals surface area contributed by atoms with Crippen LogP contribution in [0.2, 0.25) is 0 Å². The van der Waals surface area contributed by atoms with E-state index in [-0.39, 0.29) is 0 Å². The molecule has 2 N–H and O–H groups in total. The number of nitrogens with zero attached hydrogens (tertiary/aromatic N) is 1. The summed E-state index contributed by atoms with van der Waals surface area (Å²) in [6.45, 7) is 4.44. The first-order valence-electron chi connectivity index (χ1n) is 4.73. The third-order valence-electron chi connectivity index (χ3n) is 3.24. The molecule has 2 aliphatic rings. The smallest absolute Gasteiger partial charge is 0.0307 e. The molecule has 1 atom stereocenters. The van der Waals surface area contributed by atoms with Crippen LogP contribution in [-0.4, -0.2) is 29.6 Å². The monoisotopic (exact) mass is 154 g/mol. The van der Waals surface area contributed by atoms with E-state index in [2.05, 4.69) is 11.8 Å². The highest BCUT2D eigenvalue weighted by molar-refractivity contribution is 5.00. The van der Waals surface area contributed by atoms with E-state index in [1.807, 2.05) is 0 Å². The average molecular weight is 154 g/mol. The average Bonchev–Trinajstić information content (AvgIpc) is 2.77. The second-order valence-corrected chi connectivity index (χ2v) is 4.23. The second-order valence-electron chi connectivity index (χ2n) is 4.23. The molecule has 2 heteroatoms. The lowest BCUT2D eigenvalue weighted by Crippen LogP contribution is -2.48. The molecule has 0 aromatic heterocycles. The van der Waals surface area contributed by atoms with Crippen molar-refractivity contribution in [3.05, 3.63) is 0 Å². The number of likely N-dealkylation sites (tertiary alicyclic amines) is 1. The summed E-state index contributed by atoms with van der Waals surface area (Å²) in [5.74, 6) is 0. The first-order chi connectivity index (χ1) is 5.26. The van der Waals surface area contributed by atoms with Gasteiger partial charge in [-0.25, -0.2) is 0 Å². The van der Waals surface area contributed by atoms with Crippen molar-refractivity contribution in [3.8, 4) is 0 Å². The van der Waals surface area contributed by atoms with E-state index in [9.17, 15) is 0 Å². The molecule has 1 saturated carbocycles. The molecule has 0 aromatic carbocycles. The lowest BCUT2D eigenvalue weighted by Gasteiger charge is -2.34. The Labute approximate surface area is 68.7 Å². The predicted molar refractivity (Wildman–Crippen MR) is 46.4 cm³/mol. The molecule has 2 fully saturated rings. The highest BCUT2D eigenvalue weighted by Crippen LogP contribution is 2.38. The maximum absolute atomic E-state index is 5.78. The molecule has 0 aromatic rings. The van der Waals surface area contributed by atoms with Gasteiger partial charge >= 0.3 is 0 Å². The summed E-state index contributed by atoms with van der Waals surface area (Å²) in [5.41, 5.74) is 6.13. The highest BCUT2D eigenvalue weighted by atomic mass is 15.3. The highest BCUT2D eigenvalue weighted by Gasteiger charge is 2.43. The third-order valence-corrected chi connectivity index (χ3v) is 3.24. The zero-order valence-electron chi connectivity index (χ0n) is 7.34. The largest absolute Gasteiger partial charge is 0.329 e. The number of hydrogen-bond donors (Lipinski definition) is 1. The summed E-state index contributed by atoms with van der Waals surface area (Å²) in [6, 6.07) is 0.894. The minimum atomic E-state index is 0.348. The molecule has 2 nitrogen and oxygen atoms in total. The molecule has 1 unspecified atom stereocenters. The van der Waals surface area contributed by atoms with E-state index in [1.165, 1.54) is 32.2 Å².